The van der Waals surface area contributed by atoms with E-state index in [0.717, 1.165) is 36.1 Å². The molecule has 0 aliphatic rings. The third-order valence-corrected chi connectivity index (χ3v) is 5.99. The summed E-state index contributed by atoms with van der Waals surface area (Å²) in [5, 5.41) is 11.0. The average molecular weight is 534 g/mol. The first kappa shape index (κ1) is 30.0. The zero-order chi connectivity index (χ0) is 27.9. The van der Waals surface area contributed by atoms with E-state index >= 15 is 0 Å². The maximum atomic E-state index is 12.5. The molecule has 204 valence electrons. The van der Waals surface area contributed by atoms with Crippen molar-refractivity contribution in [3.8, 4) is 11.3 Å². The number of nitrogens with one attached hydrogen (secondary N) is 3. The maximum Gasteiger partial charge on any atom is 0.411 e. The summed E-state index contributed by atoms with van der Waals surface area (Å²) in [4.78, 5) is 39.9. The first-order chi connectivity index (χ1) is 17.1. The lowest BCUT2D eigenvalue weighted by molar-refractivity contribution is -0.243. The van der Waals surface area contributed by atoms with Gasteiger partial charge in [0.2, 0.25) is 5.91 Å². The minimum Gasteiger partial charge on any atom is -0.392 e. The van der Waals surface area contributed by atoms with Crippen molar-refractivity contribution >= 4 is 34.6 Å². The molecule has 11 heteroatoms. The van der Waals surface area contributed by atoms with E-state index in [4.69, 9.17) is 15.2 Å². The fourth-order valence-electron chi connectivity index (χ4n) is 3.43. The zero-order valence-electron chi connectivity index (χ0n) is 22.7. The number of benzene rings is 1. The lowest BCUT2D eigenvalue weighted by Crippen LogP contribution is -2.63. The molecule has 1 heterocycles. The Kier molecular flexibility index (Phi) is 10.0. The lowest BCUT2D eigenvalue weighted by atomic mass is 9.90. The van der Waals surface area contributed by atoms with Crippen molar-refractivity contribution in [2.45, 2.75) is 79.2 Å². The van der Waals surface area contributed by atoms with Crippen LogP contribution in [0.2, 0.25) is 0 Å². The summed E-state index contributed by atoms with van der Waals surface area (Å²) in [6.45, 7) is 12.7. The maximum absolute atomic E-state index is 12.5. The molecule has 0 saturated carbocycles. The van der Waals surface area contributed by atoms with Crippen LogP contribution in [0.4, 0.5) is 14.7 Å². The average Bonchev–Trinajstić information content (AvgIpc) is 3.19. The van der Waals surface area contributed by atoms with E-state index in [9.17, 15) is 14.4 Å². The number of ether oxygens (including phenoxy) is 2. The minimum atomic E-state index is -1.74. The highest BCUT2D eigenvalue weighted by atomic mass is 32.1. The molecule has 0 radical (unpaired) electrons. The highest BCUT2D eigenvalue weighted by molar-refractivity contribution is 7.14. The fraction of sp³-hybridized carbons (Fsp3) is 0.538. The van der Waals surface area contributed by atoms with Gasteiger partial charge in [-0.1, -0.05) is 45.0 Å². The molecule has 2 rings (SSSR count). The molecule has 5 N–H and O–H groups in total. The highest BCUT2D eigenvalue weighted by Crippen LogP contribution is 2.33. The summed E-state index contributed by atoms with van der Waals surface area (Å²) in [5.41, 5.74) is 6.94. The summed E-state index contributed by atoms with van der Waals surface area (Å²) >= 11 is 1.38. The smallest absolute Gasteiger partial charge is 0.392 e. The second kappa shape index (κ2) is 12.4. The lowest BCUT2D eigenvalue weighted by Gasteiger charge is -2.42. The number of thiazole rings is 1. The van der Waals surface area contributed by atoms with Crippen LogP contribution < -0.4 is 21.7 Å². The van der Waals surface area contributed by atoms with Crippen LogP contribution in [0.15, 0.2) is 29.6 Å². The summed E-state index contributed by atoms with van der Waals surface area (Å²) in [6, 6.07) is 8.12. The van der Waals surface area contributed by atoms with Gasteiger partial charge in [0.15, 0.2) is 5.13 Å². The Hall–Kier alpha value is -3.18. The van der Waals surface area contributed by atoms with Gasteiger partial charge in [-0.05, 0) is 45.6 Å². The van der Waals surface area contributed by atoms with E-state index in [1.54, 1.807) is 20.8 Å². The van der Waals surface area contributed by atoms with Gasteiger partial charge in [-0.3, -0.25) is 4.79 Å². The number of carbonyl (C=O) groups is 3. The van der Waals surface area contributed by atoms with Crippen LogP contribution in [0.5, 0.6) is 0 Å². The Morgan fingerprint density at radius 1 is 1.00 bits per heavy atom. The number of nitrogens with zero attached hydrogens (tertiary/aromatic N) is 1. The molecule has 2 aromatic rings. The Morgan fingerprint density at radius 2 is 1.65 bits per heavy atom. The second-order valence-electron chi connectivity index (χ2n) is 10.9. The Morgan fingerprint density at radius 3 is 2.19 bits per heavy atom. The Balaban J connectivity index is 1.95. The number of carbonyl (C=O) groups excluding carboxylic acids is 3. The molecule has 1 aromatic carbocycles. The van der Waals surface area contributed by atoms with Crippen molar-refractivity contribution in [2.75, 3.05) is 11.9 Å². The molecular formula is C26H39N5O5S. The highest BCUT2D eigenvalue weighted by Gasteiger charge is 2.50. The number of primary amides is 1. The van der Waals surface area contributed by atoms with Crippen molar-refractivity contribution in [2.24, 2.45) is 11.1 Å². The first-order valence-electron chi connectivity index (χ1n) is 12.2. The minimum absolute atomic E-state index is 0.147. The van der Waals surface area contributed by atoms with Crippen molar-refractivity contribution in [1.82, 2.24) is 15.6 Å². The zero-order valence-corrected chi connectivity index (χ0v) is 23.5. The molecule has 1 unspecified atom stereocenters. The van der Waals surface area contributed by atoms with Gasteiger partial charge >= 0.3 is 18.1 Å². The van der Waals surface area contributed by atoms with E-state index in [1.807, 2.05) is 38.3 Å². The summed E-state index contributed by atoms with van der Waals surface area (Å²) < 4.78 is 11.0. The van der Waals surface area contributed by atoms with Gasteiger partial charge in [0, 0.05) is 30.0 Å². The molecular weight excluding hydrogens is 494 g/mol. The third kappa shape index (κ3) is 9.66. The number of unbranched alkanes of at least 4 members (excludes halogenated alkanes) is 1. The first-order valence-corrected chi connectivity index (χ1v) is 13.1. The predicted molar refractivity (Wildman–Crippen MR) is 145 cm³/mol. The SMILES string of the molecule is CC(=O)Nc1nc(-c2ccc(CCCCNC(OC(N)=O)(OC(=O)NC(C)(C)C)C(C)(C)C)cc2)cs1. The number of hydrogen-bond donors (Lipinski definition) is 4. The third-order valence-electron chi connectivity index (χ3n) is 5.23. The molecule has 0 bridgehead atoms. The summed E-state index contributed by atoms with van der Waals surface area (Å²) in [5.74, 6) is -1.88. The number of anilines is 1. The molecule has 1 atom stereocenters. The van der Waals surface area contributed by atoms with E-state index < -0.39 is 29.1 Å². The topological polar surface area (TPSA) is 145 Å². The van der Waals surface area contributed by atoms with Crippen LogP contribution in [-0.4, -0.2) is 41.1 Å². The van der Waals surface area contributed by atoms with E-state index in [0.29, 0.717) is 11.7 Å². The van der Waals surface area contributed by atoms with Crippen molar-refractivity contribution in [3.05, 3.63) is 35.2 Å². The Bertz CT molecular complexity index is 1070. The van der Waals surface area contributed by atoms with Crippen LogP contribution in [0.3, 0.4) is 0 Å². The van der Waals surface area contributed by atoms with Gasteiger partial charge in [-0.15, -0.1) is 11.3 Å². The number of amides is 3. The van der Waals surface area contributed by atoms with Crippen molar-refractivity contribution in [1.29, 1.82) is 0 Å². The van der Waals surface area contributed by atoms with Crippen LogP contribution in [0.25, 0.3) is 11.3 Å². The molecule has 0 spiro atoms. The van der Waals surface area contributed by atoms with Crippen LogP contribution in [0.1, 0.15) is 66.9 Å². The number of alkyl carbamates (subject to hydrolysis) is 1. The van der Waals surface area contributed by atoms with Crippen molar-refractivity contribution in [3.63, 3.8) is 0 Å². The largest absolute Gasteiger partial charge is 0.411 e. The molecule has 0 saturated heterocycles. The quantitative estimate of drug-likeness (QED) is 0.248. The number of aromatic nitrogens is 1. The van der Waals surface area contributed by atoms with E-state index in [-0.39, 0.29) is 5.91 Å². The molecule has 1 aromatic heterocycles. The van der Waals surface area contributed by atoms with Gasteiger partial charge in [0.25, 0.3) is 0 Å². The number of hydrogen-bond acceptors (Lipinski definition) is 8. The van der Waals surface area contributed by atoms with Gasteiger partial charge in [-0.2, -0.15) is 0 Å². The van der Waals surface area contributed by atoms with Crippen LogP contribution in [0, 0.1) is 5.41 Å². The molecule has 3 amide bonds. The van der Waals surface area contributed by atoms with Gasteiger partial charge in [0.1, 0.15) is 0 Å². The summed E-state index contributed by atoms with van der Waals surface area (Å²) in [7, 11) is 0. The molecule has 0 aliphatic heterocycles. The standard InChI is InChI=1S/C26H39N5O5S/c1-17(32)29-22-30-20(16-37-22)19-13-11-18(12-14-19)10-8-9-15-28-26(24(2,3)4,35-21(27)33)36-23(34)31-25(5,6)7/h11-14,16,28H,8-10,15H2,1-7H3,(H2,27,33)(H,31,34)(H,29,30,32). The van der Waals surface area contributed by atoms with E-state index in [2.05, 4.69) is 33.1 Å². The number of aryl methyl sites for hydroxylation is 1. The Labute approximate surface area is 222 Å². The number of nitrogens with two attached hydrogens (primary N) is 1. The molecule has 0 fully saturated rings. The van der Waals surface area contributed by atoms with Crippen LogP contribution in [-0.2, 0) is 20.7 Å². The second-order valence-corrected chi connectivity index (χ2v) is 11.7. The fourth-order valence-corrected chi connectivity index (χ4v) is 4.20. The molecule has 0 aliphatic carbocycles. The van der Waals surface area contributed by atoms with Gasteiger partial charge in [0.05, 0.1) is 11.1 Å². The molecule has 10 nitrogen and oxygen atoms in total. The normalized spacial score (nSPS) is 13.4. The van der Waals surface area contributed by atoms with Crippen molar-refractivity contribution < 1.29 is 23.9 Å². The molecule has 37 heavy (non-hydrogen) atoms. The van der Waals surface area contributed by atoms with Gasteiger partial charge in [-0.25, -0.2) is 19.9 Å². The van der Waals surface area contributed by atoms with Crippen LogP contribution >= 0.6 is 11.3 Å². The predicted octanol–water partition coefficient (Wildman–Crippen LogP) is 5.00. The van der Waals surface area contributed by atoms with E-state index in [1.165, 1.54) is 18.3 Å². The summed E-state index contributed by atoms with van der Waals surface area (Å²) in [6.07, 6.45) is 0.649. The number of rotatable bonds is 10. The monoisotopic (exact) mass is 533 g/mol. The van der Waals surface area contributed by atoms with Gasteiger partial charge < -0.3 is 25.8 Å².